The van der Waals surface area contributed by atoms with Crippen molar-refractivity contribution in [3.05, 3.63) is 0 Å². The number of carbonyl (C=O) groups excluding carboxylic acids is 1. The minimum Gasteiger partial charge on any atom is -0.469 e. The summed E-state index contributed by atoms with van der Waals surface area (Å²) in [5.74, 6) is -0.0983. The van der Waals surface area contributed by atoms with Crippen LogP contribution in [0.15, 0.2) is 0 Å². The van der Waals surface area contributed by atoms with E-state index < -0.39 is 5.72 Å². The maximum absolute atomic E-state index is 11.1. The Bertz CT molecular complexity index is 427. The predicted octanol–water partition coefficient (Wildman–Crippen LogP) is 6.23. The highest BCUT2D eigenvalue weighted by atomic mass is 16.6. The van der Waals surface area contributed by atoms with Gasteiger partial charge in [0.1, 0.15) is 5.72 Å². The third-order valence-electron chi connectivity index (χ3n) is 6.00. The fourth-order valence-electron chi connectivity index (χ4n) is 4.13. The molecule has 1 atom stereocenters. The molecule has 1 fully saturated rings. The van der Waals surface area contributed by atoms with Crippen LogP contribution in [0.1, 0.15) is 117 Å². The summed E-state index contributed by atoms with van der Waals surface area (Å²) in [4.78, 5) is 11.1. The molecule has 0 aliphatic carbocycles. The highest BCUT2D eigenvalue weighted by Gasteiger charge is 2.50. The van der Waals surface area contributed by atoms with Crippen LogP contribution in [-0.2, 0) is 14.3 Å². The van der Waals surface area contributed by atoms with Gasteiger partial charge in [0, 0.05) is 6.42 Å². The van der Waals surface area contributed by atoms with E-state index in [4.69, 9.17) is 4.74 Å². The third kappa shape index (κ3) is 8.79. The van der Waals surface area contributed by atoms with Crippen molar-refractivity contribution in [2.45, 2.75) is 128 Å². The van der Waals surface area contributed by atoms with E-state index in [2.05, 4.69) is 25.5 Å². The lowest BCUT2D eigenvalue weighted by Crippen LogP contribution is -2.50. The van der Waals surface area contributed by atoms with Gasteiger partial charge in [0.2, 0.25) is 0 Å². The average Bonchev–Trinajstić information content (AvgIpc) is 2.91. The lowest BCUT2D eigenvalue weighted by molar-refractivity contribution is -0.256. The summed E-state index contributed by atoms with van der Waals surface area (Å²) < 4.78 is 10.8. The van der Waals surface area contributed by atoms with Gasteiger partial charge in [-0.2, -0.15) is 5.06 Å². The van der Waals surface area contributed by atoms with Gasteiger partial charge in [0.05, 0.1) is 19.3 Å². The molecule has 5 heteroatoms. The molecule has 0 aromatic carbocycles. The molecule has 0 radical (unpaired) electrons. The molecule has 5 nitrogen and oxygen atoms in total. The Balaban J connectivity index is 2.20. The predicted molar refractivity (Wildman–Crippen MR) is 113 cm³/mol. The fraction of sp³-hybridized carbons (Fsp3) is 0.957. The van der Waals surface area contributed by atoms with Gasteiger partial charge >= 0.3 is 5.97 Å². The van der Waals surface area contributed by atoms with Crippen molar-refractivity contribution in [2.24, 2.45) is 0 Å². The van der Waals surface area contributed by atoms with Gasteiger partial charge in [-0.1, -0.05) is 64.7 Å². The first-order valence-corrected chi connectivity index (χ1v) is 11.6. The Morgan fingerprint density at radius 2 is 1.43 bits per heavy atom. The van der Waals surface area contributed by atoms with Crippen molar-refractivity contribution in [1.29, 1.82) is 0 Å². The molecule has 0 aromatic rings. The zero-order valence-electron chi connectivity index (χ0n) is 18.9. The summed E-state index contributed by atoms with van der Waals surface area (Å²) in [5, 5.41) is 12.3. The van der Waals surface area contributed by atoms with Crippen molar-refractivity contribution in [1.82, 2.24) is 5.06 Å². The first-order chi connectivity index (χ1) is 13.4. The van der Waals surface area contributed by atoms with Gasteiger partial charge in [-0.25, -0.2) is 0 Å². The van der Waals surface area contributed by atoms with Gasteiger partial charge in [0.15, 0.2) is 0 Å². The smallest absolute Gasteiger partial charge is 0.305 e. The van der Waals surface area contributed by atoms with E-state index in [0.29, 0.717) is 13.0 Å². The number of nitrogens with zero attached hydrogens (tertiary/aromatic N) is 1. The summed E-state index contributed by atoms with van der Waals surface area (Å²) in [5.41, 5.74) is -0.778. The minimum atomic E-state index is -0.481. The third-order valence-corrected chi connectivity index (χ3v) is 6.00. The molecule has 0 spiro atoms. The van der Waals surface area contributed by atoms with E-state index in [9.17, 15) is 10.0 Å². The average molecular weight is 400 g/mol. The highest BCUT2D eigenvalue weighted by molar-refractivity contribution is 5.68. The lowest BCUT2D eigenvalue weighted by atomic mass is 9.95. The van der Waals surface area contributed by atoms with E-state index >= 15 is 0 Å². The minimum absolute atomic E-state index is 0.0983. The molecule has 28 heavy (non-hydrogen) atoms. The molecule has 1 saturated heterocycles. The van der Waals surface area contributed by atoms with Crippen LogP contribution in [0.25, 0.3) is 0 Å². The molecular weight excluding hydrogens is 354 g/mol. The topological polar surface area (TPSA) is 59.0 Å². The summed E-state index contributed by atoms with van der Waals surface area (Å²) in [6, 6.07) is 0. The van der Waals surface area contributed by atoms with Crippen molar-refractivity contribution in [3.63, 3.8) is 0 Å². The second-order valence-corrected chi connectivity index (χ2v) is 9.07. The molecule has 0 aromatic heterocycles. The number of methoxy groups -OCH3 is 1. The van der Waals surface area contributed by atoms with Crippen molar-refractivity contribution >= 4 is 5.97 Å². The van der Waals surface area contributed by atoms with E-state index in [1.807, 2.05) is 0 Å². The molecule has 1 N–H and O–H groups in total. The Morgan fingerprint density at radius 3 is 1.89 bits per heavy atom. The normalized spacial score (nSPS) is 21.9. The number of hydroxylamine groups is 2. The van der Waals surface area contributed by atoms with Crippen LogP contribution < -0.4 is 0 Å². The summed E-state index contributed by atoms with van der Waals surface area (Å²) in [7, 11) is 1.45. The Labute approximate surface area is 173 Å². The van der Waals surface area contributed by atoms with Gasteiger partial charge in [0.25, 0.3) is 0 Å². The molecular formula is C23H45NO4. The first-order valence-electron chi connectivity index (χ1n) is 11.6. The number of esters is 1. The molecule has 0 amide bonds. The monoisotopic (exact) mass is 399 g/mol. The summed E-state index contributed by atoms with van der Waals surface area (Å²) in [6.07, 6.45) is 16.4. The maximum Gasteiger partial charge on any atom is 0.305 e. The van der Waals surface area contributed by atoms with Crippen LogP contribution in [0.2, 0.25) is 0 Å². The molecule has 1 rings (SSSR count). The van der Waals surface area contributed by atoms with E-state index in [0.717, 1.165) is 38.5 Å². The summed E-state index contributed by atoms with van der Waals surface area (Å²) >= 11 is 0. The highest BCUT2D eigenvalue weighted by Crippen LogP contribution is 2.40. The standard InChI is InChI=1S/C23H45NO4/c1-5-6-7-15-18-23(24(26)22(2,3)20-28-23)19-16-13-11-9-8-10-12-14-17-21(25)27-4/h26H,5-20H2,1-4H3/t23-/m1/s1. The first kappa shape index (κ1) is 25.4. The number of unbranched alkanes of at least 4 members (excludes halogenated alkanes) is 10. The van der Waals surface area contributed by atoms with Crippen LogP contribution in [0.5, 0.6) is 0 Å². The number of ether oxygens (including phenoxy) is 2. The van der Waals surface area contributed by atoms with Crippen LogP contribution in [0.3, 0.4) is 0 Å². The number of carbonyl (C=O) groups is 1. The summed E-state index contributed by atoms with van der Waals surface area (Å²) in [6.45, 7) is 6.94. The number of hydrogen-bond acceptors (Lipinski definition) is 5. The van der Waals surface area contributed by atoms with Crippen molar-refractivity contribution < 1.29 is 19.5 Å². The quantitative estimate of drug-likeness (QED) is 0.246. The second-order valence-electron chi connectivity index (χ2n) is 9.07. The Kier molecular flexibility index (Phi) is 12.3. The van der Waals surface area contributed by atoms with Gasteiger partial charge in [-0.3, -0.25) is 4.79 Å². The number of rotatable bonds is 16. The lowest BCUT2D eigenvalue weighted by Gasteiger charge is -2.37. The zero-order chi connectivity index (χ0) is 20.9. The Morgan fingerprint density at radius 1 is 0.929 bits per heavy atom. The largest absolute Gasteiger partial charge is 0.469 e. The van der Waals surface area contributed by atoms with Crippen LogP contribution in [0.4, 0.5) is 0 Å². The van der Waals surface area contributed by atoms with Gasteiger partial charge < -0.3 is 14.7 Å². The van der Waals surface area contributed by atoms with E-state index in [-0.39, 0.29) is 11.5 Å². The van der Waals surface area contributed by atoms with Crippen LogP contribution in [0, 0.1) is 0 Å². The van der Waals surface area contributed by atoms with Gasteiger partial charge in [-0.15, -0.1) is 0 Å². The molecule has 0 bridgehead atoms. The number of hydrogen-bond donors (Lipinski definition) is 1. The molecule has 1 aliphatic heterocycles. The van der Waals surface area contributed by atoms with Crippen molar-refractivity contribution in [3.8, 4) is 0 Å². The van der Waals surface area contributed by atoms with E-state index in [1.165, 1.54) is 63.5 Å². The Hall–Kier alpha value is -0.650. The van der Waals surface area contributed by atoms with E-state index in [1.54, 1.807) is 0 Å². The second kappa shape index (κ2) is 13.6. The van der Waals surface area contributed by atoms with Crippen LogP contribution in [-0.4, -0.2) is 41.2 Å². The SMILES string of the molecule is CCCCCC[C@]1(CCCCCCCCCCC(=O)OC)OCC(C)(C)N1O. The molecule has 166 valence electrons. The van der Waals surface area contributed by atoms with Crippen molar-refractivity contribution in [2.75, 3.05) is 13.7 Å². The molecule has 0 saturated carbocycles. The molecule has 0 unspecified atom stereocenters. The zero-order valence-corrected chi connectivity index (χ0v) is 18.9. The maximum atomic E-state index is 11.1. The molecule has 1 aliphatic rings. The van der Waals surface area contributed by atoms with Crippen LogP contribution >= 0.6 is 0 Å². The fourth-order valence-corrected chi connectivity index (χ4v) is 4.13. The van der Waals surface area contributed by atoms with Gasteiger partial charge in [-0.05, 0) is 46.0 Å². The molecule has 1 heterocycles.